The molecule has 354 valence electrons. The molecule has 3 aromatic rings. The van der Waals surface area contributed by atoms with Gasteiger partial charge in [-0.05, 0) is 56.3 Å². The zero-order chi connectivity index (χ0) is 48.4. The molecule has 6 amide bonds. The van der Waals surface area contributed by atoms with E-state index in [0.29, 0.717) is 24.9 Å². The number of carbonyl (C=O) groups excluding carboxylic acids is 6. The number of benzene rings is 2. The van der Waals surface area contributed by atoms with Gasteiger partial charge >= 0.3 is 5.97 Å². The number of nitrogens with zero attached hydrogens (tertiary/aromatic N) is 5. The monoisotopic (exact) mass is 918 g/mol. The van der Waals surface area contributed by atoms with Crippen molar-refractivity contribution in [2.45, 2.75) is 87.9 Å². The highest BCUT2D eigenvalue weighted by molar-refractivity contribution is 6.11. The van der Waals surface area contributed by atoms with Gasteiger partial charge in [-0.15, -0.1) is 0 Å². The number of aliphatic carboxylic acids is 1. The molecular weight excluding hydrogens is 863 g/mol. The Morgan fingerprint density at radius 3 is 2.29 bits per heavy atom. The van der Waals surface area contributed by atoms with Crippen molar-refractivity contribution >= 4 is 64.0 Å². The third-order valence-electron chi connectivity index (χ3n) is 10.5. The average Bonchev–Trinajstić information content (AvgIpc) is 3.62. The summed E-state index contributed by atoms with van der Waals surface area (Å²) in [5.41, 5.74) is 12.6. The topological polar surface area (TPSA) is 307 Å². The van der Waals surface area contributed by atoms with Gasteiger partial charge in [0, 0.05) is 57.9 Å². The Morgan fingerprint density at radius 2 is 1.61 bits per heavy atom. The molecule has 0 unspecified atom stereocenters. The minimum atomic E-state index is -3.22. The SMILES string of the molecule is CN(C)C(N)=NCCC[C@H](NC(=O)CCC(=O)Nc1cccc2c(C(=O)NCC(=O)N3CC(F)(F)C[C@H]3C#N)ccnc12)C(=O)N[C@@H](Cc1ccccc1)C(=O)N[C@@H](CCCCN)C(=O)O. The minimum absolute atomic E-state index is 0.000863. The number of aliphatic imine (C=N–C) groups is 1. The molecule has 66 heavy (non-hydrogen) atoms. The van der Waals surface area contributed by atoms with E-state index in [9.17, 15) is 52.7 Å². The zero-order valence-electron chi connectivity index (χ0n) is 36.7. The molecule has 20 nitrogen and oxygen atoms in total. The average molecular weight is 919 g/mol. The first-order chi connectivity index (χ1) is 31.4. The number of halogens is 2. The Labute approximate surface area is 379 Å². The summed E-state index contributed by atoms with van der Waals surface area (Å²) >= 11 is 0. The summed E-state index contributed by atoms with van der Waals surface area (Å²) in [6.45, 7) is -1.05. The number of nitrogens with two attached hydrogens (primary N) is 2. The lowest BCUT2D eigenvalue weighted by atomic mass is 10.0. The predicted octanol–water partition coefficient (Wildman–Crippen LogP) is 1.01. The number of fused-ring (bicyclic) bond motifs is 1. The molecule has 4 atom stereocenters. The van der Waals surface area contributed by atoms with E-state index < -0.39 is 91.0 Å². The van der Waals surface area contributed by atoms with Gasteiger partial charge in [0.1, 0.15) is 24.2 Å². The van der Waals surface area contributed by atoms with Crippen LogP contribution in [0.15, 0.2) is 65.8 Å². The van der Waals surface area contributed by atoms with Crippen molar-refractivity contribution in [3.05, 3.63) is 71.9 Å². The molecule has 2 aromatic carbocycles. The molecule has 2 heterocycles. The van der Waals surface area contributed by atoms with Gasteiger partial charge in [0.15, 0.2) is 5.96 Å². The molecule has 1 saturated heterocycles. The number of aromatic nitrogens is 1. The van der Waals surface area contributed by atoms with E-state index >= 15 is 0 Å². The second-order valence-electron chi connectivity index (χ2n) is 15.8. The second kappa shape index (κ2) is 24.7. The fourth-order valence-electron chi connectivity index (χ4n) is 6.98. The molecule has 1 aromatic heterocycles. The normalized spacial score (nSPS) is 15.7. The highest BCUT2D eigenvalue weighted by Gasteiger charge is 2.47. The maximum atomic E-state index is 13.9. The summed E-state index contributed by atoms with van der Waals surface area (Å²) in [5.74, 6) is -8.62. The van der Waals surface area contributed by atoms with Crippen LogP contribution in [0.2, 0.25) is 0 Å². The number of nitrogens with one attached hydrogen (secondary N) is 5. The Morgan fingerprint density at radius 1 is 0.924 bits per heavy atom. The van der Waals surface area contributed by atoms with Crippen molar-refractivity contribution in [1.29, 1.82) is 5.26 Å². The highest BCUT2D eigenvalue weighted by Crippen LogP contribution is 2.31. The Bertz CT molecular complexity index is 2290. The van der Waals surface area contributed by atoms with Gasteiger partial charge in [0.05, 0.1) is 35.9 Å². The molecule has 0 aliphatic carbocycles. The molecule has 10 N–H and O–H groups in total. The molecule has 1 fully saturated rings. The lowest BCUT2D eigenvalue weighted by molar-refractivity contribution is -0.142. The van der Waals surface area contributed by atoms with E-state index in [0.717, 1.165) is 4.90 Å². The number of nitriles is 1. The third kappa shape index (κ3) is 15.5. The summed E-state index contributed by atoms with van der Waals surface area (Å²) in [5, 5.41) is 32.2. The molecule has 0 radical (unpaired) electrons. The van der Waals surface area contributed by atoms with Crippen molar-refractivity contribution < 1.29 is 47.4 Å². The maximum Gasteiger partial charge on any atom is 0.326 e. The number of guanidine groups is 1. The van der Waals surface area contributed by atoms with Crippen LogP contribution in [0.1, 0.15) is 67.3 Å². The van der Waals surface area contributed by atoms with Crippen LogP contribution in [0.5, 0.6) is 0 Å². The number of carboxylic acids is 1. The predicted molar refractivity (Wildman–Crippen MR) is 239 cm³/mol. The maximum absolute atomic E-state index is 13.9. The van der Waals surface area contributed by atoms with Gasteiger partial charge in [0.25, 0.3) is 11.8 Å². The first kappa shape index (κ1) is 51.4. The van der Waals surface area contributed by atoms with Gasteiger partial charge in [-0.3, -0.25) is 38.7 Å². The molecular formula is C44H56F2N12O8. The minimum Gasteiger partial charge on any atom is -0.480 e. The number of rotatable bonds is 23. The van der Waals surface area contributed by atoms with E-state index in [1.807, 2.05) is 0 Å². The number of carbonyl (C=O) groups is 7. The fourth-order valence-corrected chi connectivity index (χ4v) is 6.98. The number of alkyl halides is 2. The zero-order valence-corrected chi connectivity index (χ0v) is 36.7. The number of pyridine rings is 1. The Balaban J connectivity index is 1.43. The summed E-state index contributed by atoms with van der Waals surface area (Å²) in [6, 6.07) is 11.4. The van der Waals surface area contributed by atoms with Crippen LogP contribution in [0, 0.1) is 11.3 Å². The first-order valence-corrected chi connectivity index (χ1v) is 21.3. The number of anilines is 1. The van der Waals surface area contributed by atoms with Gasteiger partial charge < -0.3 is 53.0 Å². The largest absolute Gasteiger partial charge is 0.480 e. The quantitative estimate of drug-likeness (QED) is 0.0375. The summed E-state index contributed by atoms with van der Waals surface area (Å²) < 4.78 is 27.8. The molecule has 0 bridgehead atoms. The van der Waals surface area contributed by atoms with Gasteiger partial charge in [0.2, 0.25) is 29.5 Å². The molecule has 1 aliphatic rings. The van der Waals surface area contributed by atoms with E-state index in [-0.39, 0.29) is 73.2 Å². The van der Waals surface area contributed by atoms with Crippen molar-refractivity contribution in [1.82, 2.24) is 36.1 Å². The second-order valence-corrected chi connectivity index (χ2v) is 15.8. The van der Waals surface area contributed by atoms with Crippen molar-refractivity contribution in [2.75, 3.05) is 45.6 Å². The van der Waals surface area contributed by atoms with Gasteiger partial charge in [-0.1, -0.05) is 42.5 Å². The standard InChI is InChI=1S/C44H56F2N12O8/c1-57(2)43(49)51-20-9-15-32(40(63)56-34(22-27-10-4-3-5-11-27)41(64)55-33(42(65)66)13-6-7-19-47)54-36(60)17-16-35(59)53-31-14-8-12-29-30(18-21-50-38(29)31)39(62)52-25-37(61)58-26-44(45,46)23-28(58)24-48/h3-5,8,10-12,14,18,21,28,32-34H,6-7,9,13,15-17,19-20,22-23,25-26,47H2,1-2H3,(H2,49,51)(H,52,62)(H,53,59)(H,54,60)(H,55,64)(H,56,63)(H,65,66)/t28-,32-,33-,34-/m0/s1. The lowest BCUT2D eigenvalue weighted by Gasteiger charge is -2.25. The molecule has 0 spiro atoms. The van der Waals surface area contributed by atoms with Crippen LogP contribution in [0.25, 0.3) is 10.9 Å². The van der Waals surface area contributed by atoms with E-state index in [1.165, 1.54) is 24.4 Å². The number of amides is 6. The third-order valence-corrected chi connectivity index (χ3v) is 10.5. The van der Waals surface area contributed by atoms with E-state index in [4.69, 9.17) is 11.5 Å². The lowest BCUT2D eigenvalue weighted by Crippen LogP contribution is -2.56. The summed E-state index contributed by atoms with van der Waals surface area (Å²) in [6.07, 6.45) is 1.18. The Hall–Kier alpha value is -7.28. The van der Waals surface area contributed by atoms with Gasteiger partial charge in [-0.2, -0.15) is 5.26 Å². The number of hydrogen-bond donors (Lipinski definition) is 8. The fraction of sp³-hybridized carbons (Fsp3) is 0.455. The van der Waals surface area contributed by atoms with Crippen molar-refractivity contribution in [2.24, 2.45) is 16.5 Å². The molecule has 0 saturated carbocycles. The number of unbranched alkanes of at least 4 members (excludes halogenated alkanes) is 1. The molecule has 22 heteroatoms. The van der Waals surface area contributed by atoms with Crippen molar-refractivity contribution in [3.63, 3.8) is 0 Å². The number of likely N-dealkylation sites (tertiary alicyclic amines) is 1. The first-order valence-electron chi connectivity index (χ1n) is 21.3. The van der Waals surface area contributed by atoms with Crippen molar-refractivity contribution in [3.8, 4) is 6.07 Å². The summed E-state index contributed by atoms with van der Waals surface area (Å²) in [7, 11) is 3.41. The smallest absolute Gasteiger partial charge is 0.326 e. The summed E-state index contributed by atoms with van der Waals surface area (Å²) in [4.78, 5) is 103. The van der Waals surface area contributed by atoms with Crippen LogP contribution >= 0.6 is 0 Å². The number of para-hydroxylation sites is 1. The number of hydrogen-bond acceptors (Lipinski definition) is 11. The van der Waals surface area contributed by atoms with E-state index in [1.54, 1.807) is 61.5 Å². The molecule has 4 rings (SSSR count). The van der Waals surface area contributed by atoms with Crippen LogP contribution in [0.3, 0.4) is 0 Å². The van der Waals surface area contributed by atoms with E-state index in [2.05, 4.69) is 36.6 Å². The number of carboxylic acid groups (broad SMARTS) is 1. The van der Waals surface area contributed by atoms with Crippen LogP contribution in [-0.2, 0) is 35.2 Å². The molecule has 1 aliphatic heterocycles. The van der Waals surface area contributed by atoms with Crippen LogP contribution in [-0.4, -0.2) is 138 Å². The van der Waals surface area contributed by atoms with Crippen LogP contribution in [0.4, 0.5) is 14.5 Å². The Kier molecular flexibility index (Phi) is 19.2. The van der Waals surface area contributed by atoms with Crippen LogP contribution < -0.4 is 38.1 Å². The van der Waals surface area contributed by atoms with Gasteiger partial charge in [-0.25, -0.2) is 13.6 Å². The highest BCUT2D eigenvalue weighted by atomic mass is 19.3.